The van der Waals surface area contributed by atoms with Gasteiger partial charge in [0.1, 0.15) is 0 Å². The lowest BCUT2D eigenvalue weighted by Crippen LogP contribution is -2.28. The summed E-state index contributed by atoms with van der Waals surface area (Å²) < 4.78 is 0. The highest BCUT2D eigenvalue weighted by molar-refractivity contribution is 6.21. The molecule has 1 aromatic rings. The van der Waals surface area contributed by atoms with Gasteiger partial charge in [-0.2, -0.15) is 0 Å². The lowest BCUT2D eigenvalue weighted by Gasteiger charge is -2.29. The Balaban J connectivity index is 2.86. The largest absolute Gasteiger partial charge is 0.126 e. The fraction of sp³-hybridized carbons (Fsp3) is 0.647. The summed E-state index contributed by atoms with van der Waals surface area (Å²) in [5, 5.41) is 0. The molecule has 0 heterocycles. The number of rotatable bonds is 6. The Bertz CT molecular complexity index is 369. The predicted molar refractivity (Wildman–Crippen MR) is 87.6 cm³/mol. The number of hydrogen-bond acceptors (Lipinski definition) is 0. The highest BCUT2D eigenvalue weighted by atomic mass is 35.5. The maximum absolute atomic E-state index is 6.17. The van der Waals surface area contributed by atoms with Gasteiger partial charge in [-0.05, 0) is 29.4 Å². The number of halogens is 2. The van der Waals surface area contributed by atoms with Crippen LogP contribution in [0.2, 0.25) is 0 Å². The average Bonchev–Trinajstić information content (AvgIpc) is 2.37. The van der Waals surface area contributed by atoms with Gasteiger partial charge in [0.05, 0.1) is 0 Å². The number of hydrogen-bond donors (Lipinski definition) is 0. The van der Waals surface area contributed by atoms with Crippen LogP contribution < -0.4 is 0 Å². The van der Waals surface area contributed by atoms with E-state index in [-0.39, 0.29) is 10.8 Å². The van der Waals surface area contributed by atoms with Crippen LogP contribution in [0.3, 0.4) is 0 Å². The Morgan fingerprint density at radius 2 is 1.47 bits per heavy atom. The lowest BCUT2D eigenvalue weighted by molar-refractivity contribution is 0.341. The molecule has 0 N–H and O–H groups in total. The third-order valence-electron chi connectivity index (χ3n) is 3.75. The van der Waals surface area contributed by atoms with Gasteiger partial charge in [0.25, 0.3) is 0 Å². The lowest BCUT2D eigenvalue weighted by atomic mass is 9.80. The maximum Gasteiger partial charge on any atom is 0.0294 e. The van der Waals surface area contributed by atoms with Gasteiger partial charge in [-0.1, -0.05) is 58.4 Å². The van der Waals surface area contributed by atoms with Crippen molar-refractivity contribution in [3.63, 3.8) is 0 Å². The summed E-state index contributed by atoms with van der Waals surface area (Å²) in [6, 6.07) is 8.91. The molecule has 0 atom stereocenters. The van der Waals surface area contributed by atoms with Gasteiger partial charge in [0.15, 0.2) is 0 Å². The monoisotopic (exact) mass is 300 g/mol. The zero-order valence-electron chi connectivity index (χ0n) is 12.6. The topological polar surface area (TPSA) is 0 Å². The minimum absolute atomic E-state index is 0.0428. The van der Waals surface area contributed by atoms with Crippen LogP contribution in [0, 0.1) is 5.41 Å². The van der Waals surface area contributed by atoms with E-state index in [0.717, 1.165) is 19.3 Å². The van der Waals surface area contributed by atoms with Crippen molar-refractivity contribution < 1.29 is 0 Å². The second kappa shape index (κ2) is 6.99. The van der Waals surface area contributed by atoms with E-state index in [1.54, 1.807) is 0 Å². The summed E-state index contributed by atoms with van der Waals surface area (Å²) in [7, 11) is 0. The second-order valence-electron chi connectivity index (χ2n) is 6.64. The second-order valence-corrected chi connectivity index (χ2v) is 7.18. The SMILES string of the molecule is CCCC(CCl)(CCl)Cc1ccc(C(C)(C)C)cc1. The van der Waals surface area contributed by atoms with Crippen molar-refractivity contribution >= 4 is 23.2 Å². The molecule has 0 aromatic heterocycles. The molecule has 0 bridgehead atoms. The standard InChI is InChI=1S/C17H26Cl2/c1-5-10-17(12-18,13-19)11-14-6-8-15(9-7-14)16(2,3)4/h6-9H,5,10-13H2,1-4H3. The van der Waals surface area contributed by atoms with E-state index in [9.17, 15) is 0 Å². The van der Waals surface area contributed by atoms with Crippen LogP contribution in [0.25, 0.3) is 0 Å². The first kappa shape index (κ1) is 16.9. The van der Waals surface area contributed by atoms with Gasteiger partial charge < -0.3 is 0 Å². The molecule has 0 saturated heterocycles. The quantitative estimate of drug-likeness (QED) is 0.583. The zero-order valence-corrected chi connectivity index (χ0v) is 14.1. The highest BCUT2D eigenvalue weighted by Gasteiger charge is 2.27. The molecule has 0 spiro atoms. The third kappa shape index (κ3) is 4.68. The van der Waals surface area contributed by atoms with Crippen LogP contribution in [-0.2, 0) is 11.8 Å². The zero-order chi connectivity index (χ0) is 14.5. The summed E-state index contributed by atoms with van der Waals surface area (Å²) in [5.74, 6) is 1.26. The summed E-state index contributed by atoms with van der Waals surface area (Å²) in [5.41, 5.74) is 2.95. The molecular weight excluding hydrogens is 275 g/mol. The van der Waals surface area contributed by atoms with E-state index < -0.39 is 0 Å². The van der Waals surface area contributed by atoms with Crippen LogP contribution in [-0.4, -0.2) is 11.8 Å². The van der Waals surface area contributed by atoms with Crippen molar-refractivity contribution in [2.45, 2.75) is 52.4 Å². The molecule has 0 saturated carbocycles. The Kier molecular flexibility index (Phi) is 6.20. The fourth-order valence-electron chi connectivity index (χ4n) is 2.44. The molecule has 0 amide bonds. The summed E-state index contributed by atoms with van der Waals surface area (Å²) in [6.07, 6.45) is 3.18. The molecule has 0 radical (unpaired) electrons. The molecule has 2 heteroatoms. The molecule has 0 aliphatic heterocycles. The molecule has 19 heavy (non-hydrogen) atoms. The predicted octanol–water partition coefficient (Wildman–Crippen LogP) is 5.79. The Hall–Kier alpha value is -0.200. The van der Waals surface area contributed by atoms with Crippen LogP contribution >= 0.6 is 23.2 Å². The minimum atomic E-state index is 0.0428. The summed E-state index contributed by atoms with van der Waals surface area (Å²) >= 11 is 12.3. The Labute approximate surface area is 128 Å². The Morgan fingerprint density at radius 1 is 0.947 bits per heavy atom. The molecule has 1 aromatic carbocycles. The van der Waals surface area contributed by atoms with E-state index >= 15 is 0 Å². The molecule has 0 nitrogen and oxygen atoms in total. The van der Waals surface area contributed by atoms with Crippen molar-refractivity contribution in [2.75, 3.05) is 11.8 Å². The first-order valence-corrected chi connectivity index (χ1v) is 8.15. The molecule has 0 aliphatic rings. The van der Waals surface area contributed by atoms with Crippen molar-refractivity contribution in [2.24, 2.45) is 5.41 Å². The first-order chi connectivity index (χ1) is 8.87. The summed E-state index contributed by atoms with van der Waals surface area (Å²) in [4.78, 5) is 0. The van der Waals surface area contributed by atoms with E-state index in [1.807, 2.05) is 0 Å². The van der Waals surface area contributed by atoms with Gasteiger partial charge >= 0.3 is 0 Å². The van der Waals surface area contributed by atoms with Crippen LogP contribution in [0.5, 0.6) is 0 Å². The average molecular weight is 301 g/mol. The van der Waals surface area contributed by atoms with Crippen LogP contribution in [0.1, 0.15) is 51.7 Å². The van der Waals surface area contributed by atoms with E-state index in [4.69, 9.17) is 23.2 Å². The van der Waals surface area contributed by atoms with Crippen LogP contribution in [0.15, 0.2) is 24.3 Å². The minimum Gasteiger partial charge on any atom is -0.126 e. The molecule has 0 aliphatic carbocycles. The van der Waals surface area contributed by atoms with Gasteiger partial charge in [-0.25, -0.2) is 0 Å². The van der Waals surface area contributed by atoms with Crippen molar-refractivity contribution in [1.82, 2.24) is 0 Å². The molecule has 0 unspecified atom stereocenters. The van der Waals surface area contributed by atoms with E-state index in [0.29, 0.717) is 11.8 Å². The highest BCUT2D eigenvalue weighted by Crippen LogP contribution is 2.32. The number of alkyl halides is 2. The van der Waals surface area contributed by atoms with Crippen LogP contribution in [0.4, 0.5) is 0 Å². The number of benzene rings is 1. The normalized spacial score (nSPS) is 12.7. The molecule has 0 fully saturated rings. The molecule has 108 valence electrons. The van der Waals surface area contributed by atoms with Crippen molar-refractivity contribution in [3.05, 3.63) is 35.4 Å². The first-order valence-electron chi connectivity index (χ1n) is 7.08. The van der Waals surface area contributed by atoms with Gasteiger partial charge in [0, 0.05) is 17.2 Å². The molecule has 1 rings (SSSR count). The maximum atomic E-state index is 6.17. The van der Waals surface area contributed by atoms with Gasteiger partial charge in [-0.3, -0.25) is 0 Å². The van der Waals surface area contributed by atoms with E-state index in [1.165, 1.54) is 11.1 Å². The summed E-state index contributed by atoms with van der Waals surface area (Å²) in [6.45, 7) is 8.90. The third-order valence-corrected chi connectivity index (χ3v) is 4.88. The van der Waals surface area contributed by atoms with Gasteiger partial charge in [0.2, 0.25) is 0 Å². The molecular formula is C17H26Cl2. The van der Waals surface area contributed by atoms with Crippen molar-refractivity contribution in [3.8, 4) is 0 Å². The van der Waals surface area contributed by atoms with E-state index in [2.05, 4.69) is 52.0 Å². The smallest absolute Gasteiger partial charge is 0.0294 e. The van der Waals surface area contributed by atoms with Gasteiger partial charge in [-0.15, -0.1) is 23.2 Å². The van der Waals surface area contributed by atoms with Crippen molar-refractivity contribution in [1.29, 1.82) is 0 Å². The Morgan fingerprint density at radius 3 is 1.84 bits per heavy atom. The fourth-order valence-corrected chi connectivity index (χ4v) is 3.18.